The molecule has 0 atom stereocenters. The average molecular weight is 257 g/mol. The van der Waals surface area contributed by atoms with E-state index in [1.165, 1.54) is 0 Å². The molecule has 0 spiro atoms. The number of halogens is 1. The van der Waals surface area contributed by atoms with Crippen molar-refractivity contribution >= 4 is 16.8 Å². The Hall–Kier alpha value is -0.900. The fourth-order valence-electron chi connectivity index (χ4n) is 1.75. The highest BCUT2D eigenvalue weighted by atomic mass is 35.5. The van der Waals surface area contributed by atoms with E-state index in [9.17, 15) is 4.79 Å². The lowest BCUT2D eigenvalue weighted by Crippen LogP contribution is -2.03. The van der Waals surface area contributed by atoms with Crippen molar-refractivity contribution in [3.8, 4) is 0 Å². The fourth-order valence-corrected chi connectivity index (χ4v) is 2.05. The van der Waals surface area contributed by atoms with Gasteiger partial charge in [-0.15, -0.1) is 0 Å². The van der Waals surface area contributed by atoms with Crippen LogP contribution in [0.2, 0.25) is 0 Å². The van der Waals surface area contributed by atoms with Crippen molar-refractivity contribution < 1.29 is 14.3 Å². The van der Waals surface area contributed by atoms with E-state index in [-0.39, 0.29) is 6.79 Å². The summed E-state index contributed by atoms with van der Waals surface area (Å²) in [6.45, 7) is 7.04. The molecule has 0 saturated carbocycles. The van der Waals surface area contributed by atoms with Crippen LogP contribution in [0.15, 0.2) is 12.1 Å². The summed E-state index contributed by atoms with van der Waals surface area (Å²) in [4.78, 5) is 11.2. The van der Waals surface area contributed by atoms with E-state index in [4.69, 9.17) is 21.1 Å². The van der Waals surface area contributed by atoms with E-state index in [1.807, 2.05) is 32.9 Å². The van der Waals surface area contributed by atoms with Gasteiger partial charge in [0.05, 0.1) is 6.61 Å². The lowest BCUT2D eigenvalue weighted by Gasteiger charge is -2.10. The van der Waals surface area contributed by atoms with Crippen molar-refractivity contribution in [3.05, 3.63) is 34.4 Å². The summed E-state index contributed by atoms with van der Waals surface area (Å²) in [5.74, 6) is 0. The second-order valence-electron chi connectivity index (χ2n) is 3.84. The van der Waals surface area contributed by atoms with E-state index in [0.29, 0.717) is 18.8 Å². The van der Waals surface area contributed by atoms with E-state index in [1.54, 1.807) is 0 Å². The van der Waals surface area contributed by atoms with Crippen LogP contribution in [-0.2, 0) is 16.1 Å². The second kappa shape index (κ2) is 6.74. The van der Waals surface area contributed by atoms with Crippen molar-refractivity contribution in [3.63, 3.8) is 0 Å². The molecule has 3 nitrogen and oxygen atoms in total. The van der Waals surface area contributed by atoms with Gasteiger partial charge in [0, 0.05) is 12.2 Å². The molecule has 0 radical (unpaired) electrons. The minimum atomic E-state index is -0.415. The minimum Gasteiger partial charge on any atom is -0.356 e. The summed E-state index contributed by atoms with van der Waals surface area (Å²) < 4.78 is 10.4. The van der Waals surface area contributed by atoms with Crippen LogP contribution in [0.5, 0.6) is 0 Å². The van der Waals surface area contributed by atoms with Gasteiger partial charge in [-0.2, -0.15) is 0 Å². The molecule has 0 aliphatic rings. The Balaban J connectivity index is 2.73. The van der Waals surface area contributed by atoms with Crippen LogP contribution in [0.3, 0.4) is 0 Å². The Bertz CT molecular complexity index is 379. The first-order valence-corrected chi connectivity index (χ1v) is 5.89. The number of ether oxygens (including phenoxy) is 2. The molecule has 4 heteroatoms. The predicted molar refractivity (Wildman–Crippen MR) is 67.4 cm³/mol. The predicted octanol–water partition coefficient (Wildman–Crippen LogP) is 3.19. The third kappa shape index (κ3) is 4.11. The monoisotopic (exact) mass is 256 g/mol. The van der Waals surface area contributed by atoms with Gasteiger partial charge in [-0.25, -0.2) is 0 Å². The van der Waals surface area contributed by atoms with Crippen LogP contribution in [-0.4, -0.2) is 18.6 Å². The summed E-state index contributed by atoms with van der Waals surface area (Å²) in [6.07, 6.45) is 0. The zero-order valence-electron chi connectivity index (χ0n) is 10.4. The Morgan fingerprint density at radius 2 is 1.82 bits per heavy atom. The highest BCUT2D eigenvalue weighted by Gasteiger charge is 2.10. The van der Waals surface area contributed by atoms with Crippen LogP contribution >= 0.6 is 11.6 Å². The van der Waals surface area contributed by atoms with Crippen molar-refractivity contribution in [2.45, 2.75) is 27.4 Å². The van der Waals surface area contributed by atoms with Crippen molar-refractivity contribution in [2.75, 3.05) is 13.4 Å². The van der Waals surface area contributed by atoms with Gasteiger partial charge in [0.1, 0.15) is 6.79 Å². The first-order valence-electron chi connectivity index (χ1n) is 5.51. The third-order valence-corrected chi connectivity index (χ3v) is 2.62. The van der Waals surface area contributed by atoms with Gasteiger partial charge in [-0.1, -0.05) is 12.1 Å². The standard InChI is InChI=1S/C13H17ClO3/c1-4-16-8-17-7-11-5-9(2)12(13(14)15)10(3)6-11/h5-6H,4,7-8H2,1-3H3. The van der Waals surface area contributed by atoms with Crippen LogP contribution in [0.25, 0.3) is 0 Å². The maximum Gasteiger partial charge on any atom is 0.252 e. The first-order chi connectivity index (χ1) is 8.06. The summed E-state index contributed by atoms with van der Waals surface area (Å²) in [5, 5.41) is -0.415. The molecule has 0 aromatic heterocycles. The van der Waals surface area contributed by atoms with Crippen LogP contribution in [0.4, 0.5) is 0 Å². The van der Waals surface area contributed by atoms with Gasteiger partial charge < -0.3 is 9.47 Å². The molecule has 0 saturated heterocycles. The molecule has 0 bridgehead atoms. The maximum atomic E-state index is 11.2. The number of benzene rings is 1. The molecule has 0 amide bonds. The number of rotatable bonds is 6. The number of hydrogen-bond acceptors (Lipinski definition) is 3. The Labute approximate surface area is 107 Å². The zero-order chi connectivity index (χ0) is 12.8. The fraction of sp³-hybridized carbons (Fsp3) is 0.462. The average Bonchev–Trinajstić information content (AvgIpc) is 2.23. The highest BCUT2D eigenvalue weighted by Crippen LogP contribution is 2.19. The van der Waals surface area contributed by atoms with Gasteiger partial charge in [-0.3, -0.25) is 4.79 Å². The Morgan fingerprint density at radius 3 is 2.29 bits per heavy atom. The molecule has 1 aromatic rings. The quantitative estimate of drug-likeness (QED) is 0.445. The van der Waals surface area contributed by atoms with E-state index in [0.717, 1.165) is 16.7 Å². The zero-order valence-corrected chi connectivity index (χ0v) is 11.1. The SMILES string of the molecule is CCOCOCc1cc(C)c(C(=O)Cl)c(C)c1. The molecule has 0 aliphatic heterocycles. The third-order valence-electron chi connectivity index (χ3n) is 2.43. The summed E-state index contributed by atoms with van der Waals surface area (Å²) in [5.41, 5.74) is 3.35. The summed E-state index contributed by atoms with van der Waals surface area (Å²) in [6, 6.07) is 3.82. The first kappa shape index (κ1) is 14.2. The normalized spacial score (nSPS) is 10.6. The minimum absolute atomic E-state index is 0.283. The second-order valence-corrected chi connectivity index (χ2v) is 4.18. The molecule has 1 aromatic carbocycles. The van der Waals surface area contributed by atoms with Crippen molar-refractivity contribution in [2.24, 2.45) is 0 Å². The number of carbonyl (C=O) groups excluding carboxylic acids is 1. The van der Waals surface area contributed by atoms with Gasteiger partial charge >= 0.3 is 0 Å². The number of aryl methyl sites for hydroxylation is 2. The van der Waals surface area contributed by atoms with E-state index in [2.05, 4.69) is 0 Å². The number of hydrogen-bond donors (Lipinski definition) is 0. The largest absolute Gasteiger partial charge is 0.356 e. The summed E-state index contributed by atoms with van der Waals surface area (Å²) >= 11 is 5.52. The smallest absolute Gasteiger partial charge is 0.252 e. The molecular formula is C13H17ClO3. The Kier molecular flexibility index (Phi) is 5.62. The van der Waals surface area contributed by atoms with Crippen molar-refractivity contribution in [1.82, 2.24) is 0 Å². The van der Waals surface area contributed by atoms with Crippen molar-refractivity contribution in [1.29, 1.82) is 0 Å². The topological polar surface area (TPSA) is 35.5 Å². The Morgan fingerprint density at radius 1 is 1.24 bits per heavy atom. The summed E-state index contributed by atoms with van der Waals surface area (Å²) in [7, 11) is 0. The lowest BCUT2D eigenvalue weighted by atomic mass is 10.0. The molecule has 0 aliphatic carbocycles. The van der Waals surface area contributed by atoms with Crippen LogP contribution < -0.4 is 0 Å². The molecule has 0 N–H and O–H groups in total. The van der Waals surface area contributed by atoms with E-state index >= 15 is 0 Å². The molecular weight excluding hydrogens is 240 g/mol. The molecule has 0 unspecified atom stereocenters. The van der Waals surface area contributed by atoms with Crippen LogP contribution in [0.1, 0.15) is 34.0 Å². The molecule has 94 valence electrons. The van der Waals surface area contributed by atoms with E-state index < -0.39 is 5.24 Å². The molecule has 1 rings (SSSR count). The highest BCUT2D eigenvalue weighted by molar-refractivity contribution is 6.68. The molecule has 0 fully saturated rings. The van der Waals surface area contributed by atoms with Gasteiger partial charge in [-0.05, 0) is 49.1 Å². The molecule has 0 heterocycles. The maximum absolute atomic E-state index is 11.2. The van der Waals surface area contributed by atoms with Gasteiger partial charge in [0.2, 0.25) is 0 Å². The van der Waals surface area contributed by atoms with Gasteiger partial charge in [0.15, 0.2) is 0 Å². The van der Waals surface area contributed by atoms with Gasteiger partial charge in [0.25, 0.3) is 5.24 Å². The lowest BCUT2D eigenvalue weighted by molar-refractivity contribution is -0.0571. The molecule has 17 heavy (non-hydrogen) atoms. The number of carbonyl (C=O) groups is 1. The van der Waals surface area contributed by atoms with Crippen LogP contribution in [0, 0.1) is 13.8 Å².